The Morgan fingerprint density at radius 2 is 1.65 bits per heavy atom. The van der Waals surface area contributed by atoms with Crippen LogP contribution in [0.3, 0.4) is 0 Å². The van der Waals surface area contributed by atoms with E-state index in [2.05, 4.69) is 42.2 Å². The molecular formula is C26H48N14O9. The van der Waals surface area contributed by atoms with Crippen LogP contribution >= 0.6 is 0 Å². The van der Waals surface area contributed by atoms with Gasteiger partial charge in [-0.2, -0.15) is 0 Å². The molecule has 1 rings (SSSR count). The van der Waals surface area contributed by atoms with E-state index < -0.39 is 103 Å². The number of nitrogens with zero attached hydrogens (tertiary/aromatic N) is 1. The van der Waals surface area contributed by atoms with E-state index in [4.69, 9.17) is 28.7 Å². The number of guanidine groups is 1. The summed E-state index contributed by atoms with van der Waals surface area (Å²) in [5, 5.41) is 38.1. The lowest BCUT2D eigenvalue weighted by atomic mass is 10.0. The zero-order valence-electron chi connectivity index (χ0n) is 27.2. The van der Waals surface area contributed by atoms with Crippen molar-refractivity contribution in [2.75, 3.05) is 26.7 Å². The number of amides is 8. The first-order chi connectivity index (χ1) is 23.1. The Morgan fingerprint density at radius 1 is 1.00 bits per heavy atom. The second-order valence-corrected chi connectivity index (χ2v) is 10.8. The molecule has 1 unspecified atom stereocenters. The van der Waals surface area contributed by atoms with Gasteiger partial charge in [0.15, 0.2) is 12.2 Å². The summed E-state index contributed by atoms with van der Waals surface area (Å²) < 4.78 is 0. The Balaban J connectivity index is 2.99. The van der Waals surface area contributed by atoms with Crippen LogP contribution in [0.4, 0.5) is 4.79 Å². The highest BCUT2D eigenvalue weighted by Crippen LogP contribution is 2.10. The van der Waals surface area contributed by atoms with Gasteiger partial charge in [-0.3, -0.25) is 28.8 Å². The van der Waals surface area contributed by atoms with Crippen molar-refractivity contribution >= 4 is 47.4 Å². The molecule has 276 valence electrons. The summed E-state index contributed by atoms with van der Waals surface area (Å²) in [6, 6.07) is -8.27. The first kappa shape index (κ1) is 41.9. The van der Waals surface area contributed by atoms with Crippen LogP contribution in [-0.2, 0) is 28.8 Å². The average molecular weight is 701 g/mol. The van der Waals surface area contributed by atoms with Crippen LogP contribution in [0.2, 0.25) is 0 Å². The van der Waals surface area contributed by atoms with Crippen molar-refractivity contribution in [3.8, 4) is 0 Å². The molecule has 1 aliphatic rings. The fraction of sp³-hybridized carbons (Fsp3) is 0.615. The van der Waals surface area contributed by atoms with E-state index in [0.29, 0.717) is 25.6 Å². The zero-order valence-corrected chi connectivity index (χ0v) is 27.2. The molecular weight excluding hydrogens is 652 g/mol. The number of hydrogen-bond donors (Lipinski definition) is 15. The number of urea groups is 1. The van der Waals surface area contributed by atoms with Gasteiger partial charge in [0.25, 0.3) is 5.91 Å². The number of primary amides is 1. The molecule has 49 heavy (non-hydrogen) atoms. The number of nitrogens with one attached hydrogen (secondary N) is 8. The van der Waals surface area contributed by atoms with Crippen LogP contribution in [0.25, 0.3) is 0 Å². The molecule has 0 saturated carbocycles. The smallest absolute Gasteiger partial charge is 0.316 e. The summed E-state index contributed by atoms with van der Waals surface area (Å²) >= 11 is 0. The number of nitrogens with two attached hydrogens (primary N) is 5. The topological polar surface area (TPSA) is 399 Å². The standard InChI is InChI=1S/C26H48N14O9/c1-11(34-17(42)6-12(29)4-3-5-27)20(44)37-16(10-41)23(47)35-14(8-28)21(45)36-15(9-33-26(31)49)22(46)40-19(24(48)32-2)13-7-18(43)39-25(30)38-13/h9,11-14,16,18-19,41,43H,3-8,10,27-29H2,1-2H3,(H,32,48)(H,34,42)(H,35,47)(H,36,45)(H,37,44)(H,40,46)(H3,30,38,39)(H3,31,33,49)/b15-9-/t11-,12-,13?,14-,16-,18+,19-/m0/s1. The Bertz CT molecular complexity index is 1260. The van der Waals surface area contributed by atoms with Gasteiger partial charge < -0.3 is 81.4 Å². The van der Waals surface area contributed by atoms with E-state index in [1.54, 1.807) is 0 Å². The minimum atomic E-state index is -1.60. The number of likely N-dealkylation sites (N-methyl/N-ethyl adjacent to an activating group) is 1. The molecule has 23 heteroatoms. The lowest BCUT2D eigenvalue weighted by Crippen LogP contribution is -2.62. The van der Waals surface area contributed by atoms with Gasteiger partial charge in [-0.1, -0.05) is 0 Å². The Labute approximate surface area is 281 Å². The maximum atomic E-state index is 13.2. The van der Waals surface area contributed by atoms with Crippen LogP contribution in [0, 0.1) is 0 Å². The van der Waals surface area contributed by atoms with Crippen molar-refractivity contribution in [1.29, 1.82) is 0 Å². The van der Waals surface area contributed by atoms with Gasteiger partial charge in [0, 0.05) is 38.7 Å². The number of rotatable bonds is 19. The lowest BCUT2D eigenvalue weighted by molar-refractivity contribution is -0.134. The molecule has 0 fully saturated rings. The fourth-order valence-corrected chi connectivity index (χ4v) is 4.27. The molecule has 0 radical (unpaired) electrons. The second kappa shape index (κ2) is 21.0. The maximum absolute atomic E-state index is 13.2. The molecule has 1 aliphatic heterocycles. The summed E-state index contributed by atoms with van der Waals surface area (Å²) in [4.78, 5) is 91.7. The third kappa shape index (κ3) is 14.7. The molecule has 0 aromatic heterocycles. The Kier molecular flexibility index (Phi) is 18.0. The second-order valence-electron chi connectivity index (χ2n) is 10.8. The lowest BCUT2D eigenvalue weighted by Gasteiger charge is -2.32. The van der Waals surface area contributed by atoms with Gasteiger partial charge in [0.1, 0.15) is 29.9 Å². The number of aliphatic hydroxyl groups is 2. The first-order valence-electron chi connectivity index (χ1n) is 15.1. The van der Waals surface area contributed by atoms with E-state index >= 15 is 0 Å². The molecule has 8 amide bonds. The van der Waals surface area contributed by atoms with Crippen molar-refractivity contribution in [1.82, 2.24) is 42.5 Å². The molecule has 0 aromatic carbocycles. The summed E-state index contributed by atoms with van der Waals surface area (Å²) in [6.07, 6.45) is 0.310. The molecule has 0 spiro atoms. The average Bonchev–Trinajstić information content (AvgIpc) is 3.04. The van der Waals surface area contributed by atoms with Gasteiger partial charge in [-0.05, 0) is 26.3 Å². The maximum Gasteiger partial charge on any atom is 0.316 e. The number of carbonyl (C=O) groups is 7. The van der Waals surface area contributed by atoms with Crippen LogP contribution in [-0.4, -0.2) is 127 Å². The highest BCUT2D eigenvalue weighted by molar-refractivity contribution is 6.02. The predicted molar refractivity (Wildman–Crippen MR) is 173 cm³/mol. The summed E-state index contributed by atoms with van der Waals surface area (Å²) in [7, 11) is 1.28. The normalized spacial score (nSPS) is 18.8. The number of carbonyl (C=O) groups excluding carboxylic acids is 7. The van der Waals surface area contributed by atoms with Gasteiger partial charge in [-0.15, -0.1) is 0 Å². The Morgan fingerprint density at radius 3 is 2.20 bits per heavy atom. The monoisotopic (exact) mass is 700 g/mol. The largest absolute Gasteiger partial charge is 0.394 e. The van der Waals surface area contributed by atoms with Gasteiger partial charge in [0.2, 0.25) is 29.5 Å². The van der Waals surface area contributed by atoms with Crippen molar-refractivity contribution in [3.63, 3.8) is 0 Å². The van der Waals surface area contributed by atoms with Gasteiger partial charge in [0.05, 0.1) is 12.6 Å². The van der Waals surface area contributed by atoms with Crippen LogP contribution < -0.4 is 71.2 Å². The zero-order chi connectivity index (χ0) is 37.3. The first-order valence-corrected chi connectivity index (χ1v) is 15.1. The summed E-state index contributed by atoms with van der Waals surface area (Å²) in [6.45, 7) is 0.269. The number of hydrogen-bond acceptors (Lipinski definition) is 15. The third-order valence-corrected chi connectivity index (χ3v) is 6.85. The van der Waals surface area contributed by atoms with Gasteiger partial charge >= 0.3 is 6.03 Å². The van der Waals surface area contributed by atoms with Crippen molar-refractivity contribution < 1.29 is 43.8 Å². The van der Waals surface area contributed by atoms with Crippen LogP contribution in [0.15, 0.2) is 16.9 Å². The molecule has 0 saturated heterocycles. The minimum Gasteiger partial charge on any atom is -0.394 e. The molecule has 7 atom stereocenters. The Hall–Kier alpha value is -5.10. The third-order valence-electron chi connectivity index (χ3n) is 6.85. The van der Waals surface area contributed by atoms with E-state index in [1.807, 2.05) is 5.32 Å². The predicted octanol–water partition coefficient (Wildman–Crippen LogP) is -8.28. The van der Waals surface area contributed by atoms with E-state index in [-0.39, 0.29) is 18.8 Å². The number of aliphatic imine (C=N–C) groups is 1. The molecule has 0 bridgehead atoms. The summed E-state index contributed by atoms with van der Waals surface area (Å²) in [5.41, 5.74) is 27.0. The molecule has 0 aliphatic carbocycles. The highest BCUT2D eigenvalue weighted by Gasteiger charge is 2.35. The van der Waals surface area contributed by atoms with Crippen molar-refractivity contribution in [2.45, 2.75) is 75.1 Å². The molecule has 23 nitrogen and oxygen atoms in total. The fourth-order valence-electron chi connectivity index (χ4n) is 4.27. The number of aliphatic hydroxyl groups excluding tert-OH is 2. The van der Waals surface area contributed by atoms with Crippen LogP contribution in [0.5, 0.6) is 0 Å². The van der Waals surface area contributed by atoms with Crippen molar-refractivity contribution in [2.24, 2.45) is 33.7 Å². The van der Waals surface area contributed by atoms with Crippen molar-refractivity contribution in [3.05, 3.63) is 11.9 Å². The van der Waals surface area contributed by atoms with E-state index in [9.17, 15) is 43.8 Å². The quantitative estimate of drug-likeness (QED) is 0.0557. The van der Waals surface area contributed by atoms with E-state index in [1.165, 1.54) is 14.0 Å². The molecule has 20 N–H and O–H groups in total. The van der Waals surface area contributed by atoms with Crippen LogP contribution in [0.1, 0.15) is 32.6 Å². The van der Waals surface area contributed by atoms with Gasteiger partial charge in [-0.25, -0.2) is 9.79 Å². The highest BCUT2D eigenvalue weighted by atomic mass is 16.3. The SMILES string of the molecule is CNC(=O)[C@@H](NC(=O)/C(=C/NC(N)=O)NC(=O)[C@H](CN)NC(=O)[C@H](CO)NC(=O)[C@H](C)NC(=O)C[C@@H](N)CCCN)C1C[C@@H](O)N=C(N)N1. The molecule has 1 heterocycles. The summed E-state index contributed by atoms with van der Waals surface area (Å²) in [5.74, 6) is -5.60. The van der Waals surface area contributed by atoms with E-state index in [0.717, 1.165) is 0 Å². The minimum absolute atomic E-state index is 0.0747. The molecule has 0 aromatic rings.